The molecule has 1 aromatic rings. The van der Waals surface area contributed by atoms with Crippen LogP contribution in [0, 0.1) is 17.8 Å². The van der Waals surface area contributed by atoms with E-state index in [0.717, 1.165) is 37.2 Å². The lowest BCUT2D eigenvalue weighted by molar-refractivity contribution is 0.169. The molecule has 1 fully saturated rings. The molecule has 0 radical (unpaired) electrons. The fourth-order valence-corrected chi connectivity index (χ4v) is 3.42. The van der Waals surface area contributed by atoms with E-state index in [1.165, 1.54) is 32.1 Å². The Bertz CT molecular complexity index is 387. The summed E-state index contributed by atoms with van der Waals surface area (Å²) in [5, 5.41) is 16.1. The molecule has 0 aromatic carbocycles. The van der Waals surface area contributed by atoms with Gasteiger partial charge in [0.1, 0.15) is 0 Å². The second-order valence-electron chi connectivity index (χ2n) is 6.21. The summed E-state index contributed by atoms with van der Waals surface area (Å²) in [7, 11) is 1.84. The van der Waals surface area contributed by atoms with Crippen molar-refractivity contribution in [2.24, 2.45) is 24.8 Å². The summed E-state index contributed by atoms with van der Waals surface area (Å²) in [4.78, 5) is 1.57. The highest BCUT2D eigenvalue weighted by Crippen LogP contribution is 2.36. The van der Waals surface area contributed by atoms with Crippen LogP contribution in [-0.2, 0) is 13.5 Å². The topological polar surface area (TPSA) is 55.6 Å². The van der Waals surface area contributed by atoms with Crippen molar-refractivity contribution in [1.82, 2.24) is 25.5 Å². The Morgan fingerprint density at radius 2 is 2.10 bits per heavy atom. The van der Waals surface area contributed by atoms with Gasteiger partial charge in [0.2, 0.25) is 0 Å². The first-order valence-electron chi connectivity index (χ1n) is 8.16. The van der Waals surface area contributed by atoms with Gasteiger partial charge in [0.25, 0.3) is 0 Å². The first kappa shape index (κ1) is 15.4. The molecule has 0 spiro atoms. The monoisotopic (exact) mass is 279 g/mol. The summed E-state index contributed by atoms with van der Waals surface area (Å²) in [6.07, 6.45) is 7.57. The van der Waals surface area contributed by atoms with Crippen LogP contribution in [0.25, 0.3) is 0 Å². The van der Waals surface area contributed by atoms with Crippen LogP contribution < -0.4 is 5.32 Å². The normalized spacial score (nSPS) is 26.9. The molecule has 3 unspecified atom stereocenters. The number of hydrogen-bond donors (Lipinski definition) is 1. The SMILES string of the molecule is CCCNCC1CCC(CC)CC1Cc1nnn(C)n1. The van der Waals surface area contributed by atoms with E-state index in [1.54, 1.807) is 4.80 Å². The number of nitrogens with zero attached hydrogens (tertiary/aromatic N) is 4. The van der Waals surface area contributed by atoms with Gasteiger partial charge >= 0.3 is 0 Å². The number of aryl methyl sites for hydroxylation is 1. The number of nitrogens with one attached hydrogen (secondary N) is 1. The van der Waals surface area contributed by atoms with Crippen molar-refractivity contribution in [2.45, 2.75) is 52.4 Å². The van der Waals surface area contributed by atoms with E-state index in [9.17, 15) is 0 Å². The molecule has 5 nitrogen and oxygen atoms in total. The summed E-state index contributed by atoms with van der Waals surface area (Å²) >= 11 is 0. The third-order valence-electron chi connectivity index (χ3n) is 4.65. The van der Waals surface area contributed by atoms with Gasteiger partial charge in [-0.25, -0.2) is 0 Å². The van der Waals surface area contributed by atoms with Crippen molar-refractivity contribution >= 4 is 0 Å². The Morgan fingerprint density at radius 3 is 2.75 bits per heavy atom. The van der Waals surface area contributed by atoms with Crippen molar-refractivity contribution in [3.63, 3.8) is 0 Å². The van der Waals surface area contributed by atoms with Crippen LogP contribution >= 0.6 is 0 Å². The molecule has 1 aliphatic carbocycles. The minimum absolute atomic E-state index is 0.710. The average Bonchev–Trinajstić information content (AvgIpc) is 2.86. The number of hydrogen-bond acceptors (Lipinski definition) is 4. The van der Waals surface area contributed by atoms with Gasteiger partial charge in [0.15, 0.2) is 5.82 Å². The van der Waals surface area contributed by atoms with Crippen molar-refractivity contribution < 1.29 is 0 Å². The van der Waals surface area contributed by atoms with E-state index in [0.29, 0.717) is 5.92 Å². The summed E-state index contributed by atoms with van der Waals surface area (Å²) in [5.74, 6) is 3.28. The molecule has 0 aliphatic heterocycles. The standard InChI is InChI=1S/C15H29N5/c1-4-8-16-11-13-7-6-12(5-2)9-14(13)10-15-17-19-20(3)18-15/h12-14,16H,4-11H2,1-3H3. The largest absolute Gasteiger partial charge is 0.316 e. The van der Waals surface area contributed by atoms with Gasteiger partial charge in [-0.05, 0) is 55.3 Å². The second-order valence-corrected chi connectivity index (χ2v) is 6.21. The molecule has 1 heterocycles. The zero-order chi connectivity index (χ0) is 14.4. The zero-order valence-corrected chi connectivity index (χ0v) is 13.2. The van der Waals surface area contributed by atoms with E-state index in [4.69, 9.17) is 0 Å². The molecule has 20 heavy (non-hydrogen) atoms. The Labute approximate surface area is 122 Å². The predicted octanol–water partition coefficient (Wildman–Crippen LogP) is 2.19. The molecule has 5 heteroatoms. The Kier molecular flexibility index (Phi) is 5.95. The number of tetrazole rings is 1. The molecule has 0 amide bonds. The van der Waals surface area contributed by atoms with Gasteiger partial charge in [0.05, 0.1) is 7.05 Å². The van der Waals surface area contributed by atoms with Crippen molar-refractivity contribution in [2.75, 3.05) is 13.1 Å². The van der Waals surface area contributed by atoms with Gasteiger partial charge in [-0.1, -0.05) is 26.7 Å². The van der Waals surface area contributed by atoms with Gasteiger partial charge in [-0.2, -0.15) is 4.80 Å². The maximum atomic E-state index is 4.36. The first-order chi connectivity index (χ1) is 9.72. The fraction of sp³-hybridized carbons (Fsp3) is 0.933. The molecule has 0 saturated heterocycles. The van der Waals surface area contributed by atoms with E-state index >= 15 is 0 Å². The molecule has 1 saturated carbocycles. The molecule has 0 bridgehead atoms. The van der Waals surface area contributed by atoms with Crippen LogP contribution in [0.4, 0.5) is 0 Å². The number of aromatic nitrogens is 4. The van der Waals surface area contributed by atoms with Crippen molar-refractivity contribution in [1.29, 1.82) is 0 Å². The summed E-state index contributed by atoms with van der Waals surface area (Å²) in [5.41, 5.74) is 0. The first-order valence-corrected chi connectivity index (χ1v) is 8.16. The van der Waals surface area contributed by atoms with Gasteiger partial charge < -0.3 is 5.32 Å². The third-order valence-corrected chi connectivity index (χ3v) is 4.65. The smallest absolute Gasteiger partial charge is 0.175 e. The quantitative estimate of drug-likeness (QED) is 0.777. The Morgan fingerprint density at radius 1 is 1.25 bits per heavy atom. The minimum atomic E-state index is 0.710. The van der Waals surface area contributed by atoms with Crippen LogP contribution in [0.5, 0.6) is 0 Å². The molecule has 114 valence electrons. The Balaban J connectivity index is 1.94. The molecule has 2 rings (SSSR count). The second kappa shape index (κ2) is 7.72. The van der Waals surface area contributed by atoms with Crippen LogP contribution in [0.2, 0.25) is 0 Å². The highest BCUT2D eigenvalue weighted by Gasteiger charge is 2.30. The highest BCUT2D eigenvalue weighted by molar-refractivity contribution is 4.89. The molecule has 3 atom stereocenters. The summed E-state index contributed by atoms with van der Waals surface area (Å²) in [6.45, 7) is 6.82. The lowest BCUT2D eigenvalue weighted by Gasteiger charge is -2.35. The van der Waals surface area contributed by atoms with E-state index < -0.39 is 0 Å². The van der Waals surface area contributed by atoms with Crippen molar-refractivity contribution in [3.8, 4) is 0 Å². The predicted molar refractivity (Wildman–Crippen MR) is 80.3 cm³/mol. The Hall–Kier alpha value is -0.970. The lowest BCUT2D eigenvalue weighted by Crippen LogP contribution is -2.34. The lowest BCUT2D eigenvalue weighted by atomic mass is 9.71. The summed E-state index contributed by atoms with van der Waals surface area (Å²) < 4.78 is 0. The van der Waals surface area contributed by atoms with Crippen LogP contribution in [0.1, 0.15) is 51.8 Å². The highest BCUT2D eigenvalue weighted by atomic mass is 15.6. The minimum Gasteiger partial charge on any atom is -0.316 e. The van der Waals surface area contributed by atoms with Crippen LogP contribution in [0.15, 0.2) is 0 Å². The van der Waals surface area contributed by atoms with E-state index in [-0.39, 0.29) is 0 Å². The third kappa shape index (κ3) is 4.27. The van der Waals surface area contributed by atoms with Crippen LogP contribution in [-0.4, -0.2) is 33.3 Å². The molecule has 1 N–H and O–H groups in total. The van der Waals surface area contributed by atoms with E-state index in [2.05, 4.69) is 34.6 Å². The average molecular weight is 279 g/mol. The zero-order valence-electron chi connectivity index (χ0n) is 13.2. The van der Waals surface area contributed by atoms with Gasteiger partial charge in [-0.3, -0.25) is 0 Å². The molecular weight excluding hydrogens is 250 g/mol. The molecule has 1 aliphatic rings. The molecule has 1 aromatic heterocycles. The summed E-state index contributed by atoms with van der Waals surface area (Å²) in [6, 6.07) is 0. The van der Waals surface area contributed by atoms with Crippen LogP contribution in [0.3, 0.4) is 0 Å². The molecular formula is C15H29N5. The van der Waals surface area contributed by atoms with Gasteiger partial charge in [-0.15, -0.1) is 10.2 Å². The maximum Gasteiger partial charge on any atom is 0.175 e. The fourth-order valence-electron chi connectivity index (χ4n) is 3.42. The van der Waals surface area contributed by atoms with E-state index in [1.807, 2.05) is 7.05 Å². The number of rotatable bonds is 7. The maximum absolute atomic E-state index is 4.36. The van der Waals surface area contributed by atoms with Gasteiger partial charge in [0, 0.05) is 6.42 Å². The van der Waals surface area contributed by atoms with Crippen molar-refractivity contribution in [3.05, 3.63) is 5.82 Å².